The molecule has 2 aromatic rings. The van der Waals surface area contributed by atoms with Crippen LogP contribution in [-0.4, -0.2) is 85.9 Å². The quantitative estimate of drug-likeness (QED) is 0.345. The summed E-state index contributed by atoms with van der Waals surface area (Å²) in [6.07, 6.45) is 5.55. The lowest BCUT2D eigenvalue weighted by atomic mass is 9.94. The number of piperidine rings is 1. The highest BCUT2D eigenvalue weighted by atomic mass is 35.5. The third kappa shape index (κ3) is 6.58. The van der Waals surface area contributed by atoms with E-state index in [-0.39, 0.29) is 13.2 Å². The summed E-state index contributed by atoms with van der Waals surface area (Å²) < 4.78 is 0. The van der Waals surface area contributed by atoms with Crippen molar-refractivity contribution in [2.24, 2.45) is 0 Å². The largest absolute Gasteiger partial charge is 0.395 e. The molecule has 1 fully saturated rings. The van der Waals surface area contributed by atoms with E-state index in [9.17, 15) is 20.4 Å². The van der Waals surface area contributed by atoms with Crippen LogP contribution in [0.1, 0.15) is 25.7 Å². The van der Waals surface area contributed by atoms with Crippen molar-refractivity contribution < 1.29 is 20.4 Å². The molecule has 1 aliphatic rings. The second-order valence-electron chi connectivity index (χ2n) is 7.95. The number of hydrogen-bond acceptors (Lipinski definition) is 8. The van der Waals surface area contributed by atoms with Gasteiger partial charge in [-0.2, -0.15) is 0 Å². The molecule has 1 aromatic carbocycles. The lowest BCUT2D eigenvalue weighted by Gasteiger charge is -2.43. The van der Waals surface area contributed by atoms with Gasteiger partial charge >= 0.3 is 0 Å². The molecule has 1 aromatic heterocycles. The Labute approximate surface area is 187 Å². The molecule has 4 unspecified atom stereocenters. The summed E-state index contributed by atoms with van der Waals surface area (Å²) in [6, 6.07) is 5.22. The van der Waals surface area contributed by atoms with Gasteiger partial charge in [0.2, 0.25) is 0 Å². The maximum atomic E-state index is 10.0. The van der Waals surface area contributed by atoms with Crippen LogP contribution in [0.5, 0.6) is 0 Å². The van der Waals surface area contributed by atoms with Gasteiger partial charge in [-0.05, 0) is 37.6 Å². The van der Waals surface area contributed by atoms with Crippen LogP contribution in [0.4, 0.5) is 5.69 Å². The minimum absolute atomic E-state index is 0.245. The summed E-state index contributed by atoms with van der Waals surface area (Å²) in [6.45, 7) is 1.49. The van der Waals surface area contributed by atoms with Crippen LogP contribution in [0.15, 0.2) is 36.8 Å². The number of hydrogen-bond donors (Lipinski definition) is 5. The number of unbranched alkanes of at least 4 members (excludes halogenated alkanes) is 3. The molecular formula is C22H31ClN4O4. The Morgan fingerprint density at radius 2 is 1.84 bits per heavy atom. The number of halogens is 1. The number of aliphatic hydroxyl groups excluding tert-OH is 4. The van der Waals surface area contributed by atoms with Gasteiger partial charge in [0.1, 0.15) is 12.2 Å². The molecule has 8 nitrogen and oxygen atoms in total. The van der Waals surface area contributed by atoms with Gasteiger partial charge < -0.3 is 25.7 Å². The molecule has 1 aliphatic heterocycles. The van der Waals surface area contributed by atoms with E-state index in [0.717, 1.165) is 49.2 Å². The van der Waals surface area contributed by atoms with E-state index in [1.54, 1.807) is 18.6 Å². The fraction of sp³-hybridized carbons (Fsp3) is 0.545. The molecule has 1 saturated heterocycles. The number of likely N-dealkylation sites (tertiary alicyclic amines) is 1. The van der Waals surface area contributed by atoms with Gasteiger partial charge in [0.05, 0.1) is 30.6 Å². The highest BCUT2D eigenvalue weighted by Gasteiger charge is 2.40. The Bertz CT molecular complexity index is 813. The number of β-amino-alcohol motifs (C(OH)–C–C–N with tert-alkyl or cyclic N) is 1. The molecule has 0 aliphatic carbocycles. The maximum Gasteiger partial charge on any atom is 0.109 e. The van der Waals surface area contributed by atoms with Crippen molar-refractivity contribution >= 4 is 17.3 Å². The molecule has 0 amide bonds. The summed E-state index contributed by atoms with van der Waals surface area (Å²) in [5.41, 5.74) is 2.63. The monoisotopic (exact) mass is 450 g/mol. The maximum absolute atomic E-state index is 10.0. The summed E-state index contributed by atoms with van der Waals surface area (Å²) in [5, 5.41) is 43.2. The molecule has 5 N–H and O–H groups in total. The lowest BCUT2D eigenvalue weighted by molar-refractivity contribution is -0.145. The van der Waals surface area contributed by atoms with Crippen LogP contribution >= 0.6 is 11.6 Å². The second-order valence-corrected chi connectivity index (χ2v) is 8.39. The Balaban J connectivity index is 1.38. The van der Waals surface area contributed by atoms with Crippen molar-refractivity contribution in [1.82, 2.24) is 14.9 Å². The zero-order valence-corrected chi connectivity index (χ0v) is 18.2. The average molecular weight is 451 g/mol. The lowest BCUT2D eigenvalue weighted by Crippen LogP contribution is -2.62. The Morgan fingerprint density at radius 1 is 1.03 bits per heavy atom. The number of nitrogens with zero attached hydrogens (tertiary/aromatic N) is 3. The highest BCUT2D eigenvalue weighted by molar-refractivity contribution is 6.31. The zero-order valence-electron chi connectivity index (χ0n) is 17.4. The Kier molecular flexibility index (Phi) is 9.01. The number of aromatic nitrogens is 2. The summed E-state index contributed by atoms with van der Waals surface area (Å²) >= 11 is 6.25. The first-order valence-corrected chi connectivity index (χ1v) is 11.1. The molecule has 2 heterocycles. The smallest absolute Gasteiger partial charge is 0.109 e. The molecule has 4 atom stereocenters. The third-order valence-electron chi connectivity index (χ3n) is 5.67. The SMILES string of the molecule is OCC1C(O)C(O)C(O)CN1CCCCCCNc1cc(Cl)cc(-c2cnccn2)c1. The Hall–Kier alpha value is -1.81. The van der Waals surface area contributed by atoms with E-state index < -0.39 is 24.4 Å². The van der Waals surface area contributed by atoms with E-state index in [2.05, 4.69) is 15.3 Å². The van der Waals surface area contributed by atoms with Gasteiger partial charge in [-0.3, -0.25) is 14.9 Å². The fourth-order valence-corrected chi connectivity index (χ4v) is 4.18. The Morgan fingerprint density at radius 3 is 2.58 bits per heavy atom. The number of nitrogens with one attached hydrogen (secondary N) is 1. The van der Waals surface area contributed by atoms with Crippen molar-refractivity contribution in [3.05, 3.63) is 41.8 Å². The molecule has 9 heteroatoms. The highest BCUT2D eigenvalue weighted by Crippen LogP contribution is 2.26. The molecule has 3 rings (SSSR count). The number of aliphatic hydroxyl groups is 4. The molecule has 0 saturated carbocycles. The van der Waals surface area contributed by atoms with Crippen LogP contribution < -0.4 is 5.32 Å². The van der Waals surface area contributed by atoms with Crippen LogP contribution in [-0.2, 0) is 0 Å². The molecule has 31 heavy (non-hydrogen) atoms. The number of benzene rings is 1. The molecule has 0 radical (unpaired) electrons. The average Bonchev–Trinajstić information content (AvgIpc) is 2.77. The first-order valence-electron chi connectivity index (χ1n) is 10.7. The summed E-state index contributed by atoms with van der Waals surface area (Å²) in [7, 11) is 0. The second kappa shape index (κ2) is 11.7. The van der Waals surface area contributed by atoms with Gasteiger partial charge in [0.15, 0.2) is 0 Å². The van der Waals surface area contributed by atoms with Gasteiger partial charge in [0.25, 0.3) is 0 Å². The van der Waals surface area contributed by atoms with E-state index in [1.807, 2.05) is 23.1 Å². The zero-order chi connectivity index (χ0) is 22.2. The normalized spacial score (nSPS) is 24.3. The first-order chi connectivity index (χ1) is 15.0. The van der Waals surface area contributed by atoms with E-state index in [4.69, 9.17) is 11.6 Å². The van der Waals surface area contributed by atoms with Gasteiger partial charge in [-0.1, -0.05) is 24.4 Å². The van der Waals surface area contributed by atoms with Crippen LogP contribution in [0.25, 0.3) is 11.3 Å². The first kappa shape index (κ1) is 23.8. The minimum Gasteiger partial charge on any atom is -0.395 e. The van der Waals surface area contributed by atoms with Crippen molar-refractivity contribution in [1.29, 1.82) is 0 Å². The van der Waals surface area contributed by atoms with Crippen LogP contribution in [0.3, 0.4) is 0 Å². The molecule has 170 valence electrons. The van der Waals surface area contributed by atoms with Crippen molar-refractivity contribution in [3.8, 4) is 11.3 Å². The van der Waals surface area contributed by atoms with Gasteiger partial charge in [0, 0.05) is 41.8 Å². The molecular weight excluding hydrogens is 420 g/mol. The van der Waals surface area contributed by atoms with E-state index in [1.165, 1.54) is 0 Å². The minimum atomic E-state index is -1.21. The van der Waals surface area contributed by atoms with Crippen molar-refractivity contribution in [3.63, 3.8) is 0 Å². The summed E-state index contributed by atoms with van der Waals surface area (Å²) in [5.74, 6) is 0. The molecule has 0 bridgehead atoms. The van der Waals surface area contributed by atoms with Crippen molar-refractivity contribution in [2.45, 2.75) is 50.0 Å². The number of anilines is 1. The predicted octanol–water partition coefficient (Wildman–Crippen LogP) is 1.53. The standard InChI is InChI=1S/C22H31ClN4O4/c23-16-9-15(18-12-24-6-7-26-18)10-17(11-16)25-5-3-1-2-4-8-27-13-20(29)22(31)21(30)19(27)14-28/h6-7,9-12,19-22,25,28-31H,1-5,8,13-14H2. The van der Waals surface area contributed by atoms with E-state index >= 15 is 0 Å². The predicted molar refractivity (Wildman–Crippen MR) is 120 cm³/mol. The number of rotatable bonds is 10. The van der Waals surface area contributed by atoms with Crippen LogP contribution in [0, 0.1) is 0 Å². The third-order valence-corrected chi connectivity index (χ3v) is 5.89. The molecule has 0 spiro atoms. The summed E-state index contributed by atoms with van der Waals surface area (Å²) in [4.78, 5) is 10.3. The topological polar surface area (TPSA) is 122 Å². The van der Waals surface area contributed by atoms with E-state index in [0.29, 0.717) is 11.6 Å². The van der Waals surface area contributed by atoms with Gasteiger partial charge in [-0.15, -0.1) is 0 Å². The van der Waals surface area contributed by atoms with Gasteiger partial charge in [-0.25, -0.2) is 0 Å². The van der Waals surface area contributed by atoms with Crippen molar-refractivity contribution in [2.75, 3.05) is 31.6 Å². The van der Waals surface area contributed by atoms with Crippen LogP contribution in [0.2, 0.25) is 5.02 Å². The fourth-order valence-electron chi connectivity index (χ4n) is 3.95.